The van der Waals surface area contributed by atoms with Gasteiger partial charge < -0.3 is 4.74 Å². The number of rotatable bonds is 5. The first-order valence-corrected chi connectivity index (χ1v) is 8.85. The van der Waals surface area contributed by atoms with Crippen LogP contribution in [-0.4, -0.2) is 61.9 Å². The van der Waals surface area contributed by atoms with Gasteiger partial charge in [-0.15, -0.1) is 0 Å². The van der Waals surface area contributed by atoms with E-state index in [-0.39, 0.29) is 6.04 Å². The summed E-state index contributed by atoms with van der Waals surface area (Å²) in [6, 6.07) is 0.00363. The van der Waals surface area contributed by atoms with Crippen LogP contribution < -0.4 is 4.72 Å². The van der Waals surface area contributed by atoms with E-state index >= 15 is 0 Å². The molecule has 1 saturated heterocycles. The summed E-state index contributed by atoms with van der Waals surface area (Å²) < 4.78 is 31.0. The summed E-state index contributed by atoms with van der Waals surface area (Å²) in [6.45, 7) is 2.85. The van der Waals surface area contributed by atoms with Gasteiger partial charge in [-0.2, -0.15) is 0 Å². The van der Waals surface area contributed by atoms with Crippen LogP contribution in [0.1, 0.15) is 5.69 Å². The van der Waals surface area contributed by atoms with Gasteiger partial charge in [0, 0.05) is 25.7 Å². The molecule has 1 N–H and O–H groups in total. The van der Waals surface area contributed by atoms with E-state index in [1.807, 2.05) is 0 Å². The van der Waals surface area contributed by atoms with E-state index in [1.54, 1.807) is 12.4 Å². The average molecular weight is 365 g/mol. The van der Waals surface area contributed by atoms with Crippen LogP contribution in [0.5, 0.6) is 0 Å². The Bertz CT molecular complexity index is 537. The fourth-order valence-corrected chi connectivity index (χ4v) is 2.66. The van der Waals surface area contributed by atoms with Gasteiger partial charge in [-0.3, -0.25) is 9.88 Å². The maximum atomic E-state index is 11.2. The van der Waals surface area contributed by atoms with Crippen LogP contribution in [0.3, 0.4) is 0 Å². The lowest BCUT2D eigenvalue weighted by atomic mass is 10.2. The largest absolute Gasteiger partial charge is 0.378 e. The number of nitrogens with zero attached hydrogens (tertiary/aromatic N) is 3. The zero-order valence-electron chi connectivity index (χ0n) is 11.1. The Hall–Kier alpha value is -0.610. The summed E-state index contributed by atoms with van der Waals surface area (Å²) in [7, 11) is -3.19. The molecule has 1 atom stereocenters. The molecule has 0 radical (unpaired) electrons. The molecular weight excluding hydrogens is 348 g/mol. The third-order valence-electron chi connectivity index (χ3n) is 2.97. The number of aromatic nitrogens is 2. The topological polar surface area (TPSA) is 84.4 Å². The average Bonchev–Trinajstić information content (AvgIpc) is 2.39. The smallest absolute Gasteiger partial charge is 0.208 e. The highest BCUT2D eigenvalue weighted by molar-refractivity contribution is 9.10. The molecule has 0 amide bonds. The molecule has 0 aliphatic carbocycles. The summed E-state index contributed by atoms with van der Waals surface area (Å²) in [6.07, 6.45) is 4.52. The van der Waals surface area contributed by atoms with Crippen molar-refractivity contribution < 1.29 is 13.2 Å². The predicted octanol–water partition coefficient (Wildman–Crippen LogP) is -0.0109. The van der Waals surface area contributed by atoms with E-state index in [0.717, 1.165) is 18.5 Å². The van der Waals surface area contributed by atoms with Crippen molar-refractivity contribution >= 4 is 26.0 Å². The zero-order chi connectivity index (χ0) is 14.6. The van der Waals surface area contributed by atoms with Crippen LogP contribution >= 0.6 is 15.9 Å². The van der Waals surface area contributed by atoms with Crippen molar-refractivity contribution in [3.05, 3.63) is 22.7 Å². The van der Waals surface area contributed by atoms with E-state index < -0.39 is 10.0 Å². The third kappa shape index (κ3) is 5.06. The number of sulfonamides is 1. The molecule has 2 heterocycles. The molecule has 1 aromatic heterocycles. The monoisotopic (exact) mass is 364 g/mol. The molecule has 0 aromatic carbocycles. The van der Waals surface area contributed by atoms with Crippen molar-refractivity contribution in [2.24, 2.45) is 0 Å². The molecule has 112 valence electrons. The van der Waals surface area contributed by atoms with Gasteiger partial charge in [0.05, 0.1) is 37.6 Å². The number of hydrogen-bond acceptors (Lipinski definition) is 6. The Balaban J connectivity index is 1.97. The second kappa shape index (κ2) is 6.90. The Morgan fingerprint density at radius 1 is 1.50 bits per heavy atom. The van der Waals surface area contributed by atoms with Gasteiger partial charge in [0.25, 0.3) is 0 Å². The van der Waals surface area contributed by atoms with Crippen molar-refractivity contribution in [2.75, 3.05) is 32.6 Å². The maximum Gasteiger partial charge on any atom is 0.208 e. The van der Waals surface area contributed by atoms with Crippen LogP contribution in [0.25, 0.3) is 0 Å². The summed E-state index contributed by atoms with van der Waals surface area (Å²) >= 11 is 3.25. The highest BCUT2D eigenvalue weighted by atomic mass is 79.9. The van der Waals surface area contributed by atoms with E-state index in [0.29, 0.717) is 30.9 Å². The molecule has 1 aliphatic rings. The second-order valence-electron chi connectivity index (χ2n) is 4.65. The minimum absolute atomic E-state index is 0.00363. The van der Waals surface area contributed by atoms with E-state index in [4.69, 9.17) is 4.74 Å². The number of nitrogens with one attached hydrogen (secondary N) is 1. The Morgan fingerprint density at radius 2 is 2.30 bits per heavy atom. The molecule has 1 aliphatic heterocycles. The zero-order valence-corrected chi connectivity index (χ0v) is 13.5. The standard InChI is InChI=1S/C11H17BrN4O3S/c1-20(17,18)15-5-10-8-19-3-2-16(10)7-9-4-14-11(12)6-13-9/h4,6,10,15H,2-3,5,7-8H2,1H3. The summed E-state index contributed by atoms with van der Waals surface area (Å²) in [4.78, 5) is 10.6. The number of halogens is 1. The maximum absolute atomic E-state index is 11.2. The fourth-order valence-electron chi connectivity index (χ4n) is 1.96. The van der Waals surface area contributed by atoms with Crippen molar-refractivity contribution in [3.63, 3.8) is 0 Å². The molecule has 9 heteroatoms. The molecule has 1 fully saturated rings. The molecule has 7 nitrogen and oxygen atoms in total. The van der Waals surface area contributed by atoms with Gasteiger partial charge in [0.1, 0.15) is 4.60 Å². The van der Waals surface area contributed by atoms with Crippen LogP contribution in [0.15, 0.2) is 17.0 Å². The minimum atomic E-state index is -3.19. The number of ether oxygens (including phenoxy) is 1. The predicted molar refractivity (Wildman–Crippen MR) is 77.6 cm³/mol. The first kappa shape index (κ1) is 15.8. The number of hydrogen-bond donors (Lipinski definition) is 1. The first-order chi connectivity index (χ1) is 9.44. The minimum Gasteiger partial charge on any atom is -0.378 e. The Morgan fingerprint density at radius 3 is 2.95 bits per heavy atom. The molecule has 0 saturated carbocycles. The summed E-state index contributed by atoms with van der Waals surface area (Å²) in [5, 5.41) is 0. The lowest BCUT2D eigenvalue weighted by Crippen LogP contribution is -2.50. The van der Waals surface area contributed by atoms with Gasteiger partial charge in [-0.1, -0.05) is 0 Å². The van der Waals surface area contributed by atoms with Gasteiger partial charge in [0.2, 0.25) is 10.0 Å². The van der Waals surface area contributed by atoms with Crippen molar-refractivity contribution in [1.82, 2.24) is 19.6 Å². The van der Waals surface area contributed by atoms with Crippen LogP contribution in [-0.2, 0) is 21.3 Å². The first-order valence-electron chi connectivity index (χ1n) is 6.17. The Labute approximate surface area is 126 Å². The van der Waals surface area contributed by atoms with Gasteiger partial charge in [0.15, 0.2) is 0 Å². The van der Waals surface area contributed by atoms with Crippen LogP contribution in [0, 0.1) is 0 Å². The molecule has 1 unspecified atom stereocenters. The van der Waals surface area contributed by atoms with Gasteiger partial charge in [-0.25, -0.2) is 18.1 Å². The highest BCUT2D eigenvalue weighted by Gasteiger charge is 2.24. The summed E-state index contributed by atoms with van der Waals surface area (Å²) in [5.41, 5.74) is 0.847. The van der Waals surface area contributed by atoms with Crippen molar-refractivity contribution in [2.45, 2.75) is 12.6 Å². The highest BCUT2D eigenvalue weighted by Crippen LogP contribution is 2.11. The van der Waals surface area contributed by atoms with Crippen molar-refractivity contribution in [3.8, 4) is 0 Å². The quantitative estimate of drug-likeness (QED) is 0.790. The van der Waals surface area contributed by atoms with Crippen LogP contribution in [0.4, 0.5) is 0 Å². The third-order valence-corrected chi connectivity index (χ3v) is 4.07. The molecule has 20 heavy (non-hydrogen) atoms. The SMILES string of the molecule is CS(=O)(=O)NCC1COCCN1Cc1cnc(Br)cn1. The second-order valence-corrected chi connectivity index (χ2v) is 7.30. The summed E-state index contributed by atoms with van der Waals surface area (Å²) in [5.74, 6) is 0. The van der Waals surface area contributed by atoms with Crippen LogP contribution in [0.2, 0.25) is 0 Å². The number of morpholine rings is 1. The molecule has 1 aromatic rings. The molecule has 0 bridgehead atoms. The normalized spacial score (nSPS) is 21.0. The van der Waals surface area contributed by atoms with Crippen molar-refractivity contribution in [1.29, 1.82) is 0 Å². The lowest BCUT2D eigenvalue weighted by molar-refractivity contribution is -0.00971. The van der Waals surface area contributed by atoms with Gasteiger partial charge >= 0.3 is 0 Å². The Kier molecular flexibility index (Phi) is 5.44. The fraction of sp³-hybridized carbons (Fsp3) is 0.636. The van der Waals surface area contributed by atoms with Gasteiger partial charge in [-0.05, 0) is 15.9 Å². The van der Waals surface area contributed by atoms with E-state index in [9.17, 15) is 8.42 Å². The molecular formula is C11H17BrN4O3S. The molecule has 0 spiro atoms. The molecule has 2 rings (SSSR count). The van der Waals surface area contributed by atoms with E-state index in [1.165, 1.54) is 0 Å². The lowest BCUT2D eigenvalue weighted by Gasteiger charge is -2.35. The van der Waals surface area contributed by atoms with E-state index in [2.05, 4.69) is 35.5 Å².